The second-order valence-corrected chi connectivity index (χ2v) is 16.6. The van der Waals surface area contributed by atoms with Crippen molar-refractivity contribution in [3.05, 3.63) is 71.3 Å². The number of carbonyl (C=O) groups is 4. The van der Waals surface area contributed by atoms with Crippen LogP contribution in [0.25, 0.3) is 11.1 Å². The number of fused-ring (bicyclic) bond motifs is 1. The van der Waals surface area contributed by atoms with E-state index in [0.717, 1.165) is 29.5 Å². The molecule has 0 saturated heterocycles. The predicted molar refractivity (Wildman–Crippen MR) is 187 cm³/mol. The van der Waals surface area contributed by atoms with E-state index in [2.05, 4.69) is 20.7 Å². The van der Waals surface area contributed by atoms with E-state index >= 15 is 0 Å². The first-order chi connectivity index (χ1) is 23.1. The Bertz CT molecular complexity index is 1700. The lowest BCUT2D eigenvalue weighted by atomic mass is 9.98. The number of halogens is 1. The van der Waals surface area contributed by atoms with E-state index < -0.39 is 68.2 Å². The van der Waals surface area contributed by atoms with Gasteiger partial charge < -0.3 is 20.7 Å². The molecule has 2 aliphatic carbocycles. The first-order valence-electron chi connectivity index (χ1n) is 16.8. The summed E-state index contributed by atoms with van der Waals surface area (Å²) in [5.41, 5.74) is 0.231. The van der Waals surface area contributed by atoms with Crippen molar-refractivity contribution in [3.8, 4) is 11.1 Å². The summed E-state index contributed by atoms with van der Waals surface area (Å²) in [5, 5.41) is 8.33. The van der Waals surface area contributed by atoms with Gasteiger partial charge in [-0.25, -0.2) is 13.2 Å². The van der Waals surface area contributed by atoms with Crippen LogP contribution in [0.1, 0.15) is 77.7 Å². The van der Waals surface area contributed by atoms with E-state index in [1.807, 2.05) is 48.6 Å². The molecular formula is C36H45ClN4O7S. The molecule has 2 saturated carbocycles. The highest BCUT2D eigenvalue weighted by Crippen LogP contribution is 2.45. The molecule has 2 aromatic carbocycles. The van der Waals surface area contributed by atoms with Gasteiger partial charge in [0.1, 0.15) is 23.2 Å². The summed E-state index contributed by atoms with van der Waals surface area (Å²) < 4.78 is 33.1. The van der Waals surface area contributed by atoms with E-state index in [9.17, 15) is 27.6 Å². The van der Waals surface area contributed by atoms with Gasteiger partial charge in [-0.3, -0.25) is 19.1 Å². The molecule has 4 N–H and O–H groups in total. The standard InChI is InChI=1S/C36H45ClN4O7S/c1-35(2,3)48-34(45)39-29-13-8-6-4-5-7-12-26-22-36(26,33(44)41-49(46,47)28-18-19-28)40-32(43)30(38-31(29)42)21-23-10-9-11-25(20-23)24-14-16-27(37)17-15-24/h7,9-12,14-17,20,26,28-30H,4-6,8,13,18-19,21-22H2,1-3H3,(H,38,42)(H,39,45)(H,40,43)(H,41,44)/b12-7-/t26-,29+,30+,36-/m1/s1. The monoisotopic (exact) mass is 712 g/mol. The van der Waals surface area contributed by atoms with Gasteiger partial charge in [0.15, 0.2) is 0 Å². The van der Waals surface area contributed by atoms with Gasteiger partial charge in [-0.1, -0.05) is 73.0 Å². The molecular weight excluding hydrogens is 668 g/mol. The number of hydrogen-bond acceptors (Lipinski definition) is 7. The Kier molecular flexibility index (Phi) is 11.1. The van der Waals surface area contributed by atoms with Crippen LogP contribution in [0.3, 0.4) is 0 Å². The Morgan fingerprint density at radius 2 is 1.71 bits per heavy atom. The zero-order chi connectivity index (χ0) is 35.4. The van der Waals surface area contributed by atoms with Crippen molar-refractivity contribution < 1.29 is 32.3 Å². The van der Waals surface area contributed by atoms with Crippen LogP contribution in [0, 0.1) is 5.92 Å². The second-order valence-electron chi connectivity index (χ2n) is 14.2. The van der Waals surface area contributed by atoms with Crippen molar-refractivity contribution in [2.45, 2.75) is 107 Å². The van der Waals surface area contributed by atoms with E-state index in [0.29, 0.717) is 37.1 Å². The minimum absolute atomic E-state index is 0.0523. The van der Waals surface area contributed by atoms with Crippen LogP contribution < -0.4 is 20.7 Å². The van der Waals surface area contributed by atoms with Gasteiger partial charge in [-0.15, -0.1) is 0 Å². The molecule has 0 aromatic heterocycles. The molecule has 0 unspecified atom stereocenters. The molecule has 1 aliphatic heterocycles. The second kappa shape index (κ2) is 14.9. The average Bonchev–Trinajstić information content (AvgIpc) is 3.95. The quantitative estimate of drug-likeness (QED) is 0.296. The summed E-state index contributed by atoms with van der Waals surface area (Å²) in [5.74, 6) is -2.42. The number of alkyl carbamates (subject to hydrolysis) is 1. The molecule has 2 aromatic rings. The van der Waals surface area contributed by atoms with Crippen LogP contribution >= 0.6 is 11.6 Å². The van der Waals surface area contributed by atoms with Crippen LogP contribution in [0.2, 0.25) is 5.02 Å². The van der Waals surface area contributed by atoms with Gasteiger partial charge in [-0.05, 0) is 88.1 Å². The molecule has 5 rings (SSSR count). The average molecular weight is 713 g/mol. The number of carbonyl (C=O) groups excluding carboxylic acids is 4. The number of amides is 4. The highest BCUT2D eigenvalue weighted by Gasteiger charge is 2.61. The Morgan fingerprint density at radius 1 is 0.980 bits per heavy atom. The Morgan fingerprint density at radius 3 is 2.41 bits per heavy atom. The molecule has 1 heterocycles. The first-order valence-corrected chi connectivity index (χ1v) is 18.8. The summed E-state index contributed by atoms with van der Waals surface area (Å²) in [6.45, 7) is 5.17. The van der Waals surface area contributed by atoms with Crippen LogP contribution in [0.4, 0.5) is 4.79 Å². The number of rotatable bonds is 7. The zero-order valence-electron chi connectivity index (χ0n) is 28.1. The first kappa shape index (κ1) is 36.4. The summed E-state index contributed by atoms with van der Waals surface area (Å²) in [7, 11) is -3.87. The predicted octanol–water partition coefficient (Wildman–Crippen LogP) is 4.93. The smallest absolute Gasteiger partial charge is 0.408 e. The van der Waals surface area contributed by atoms with Gasteiger partial charge in [0.2, 0.25) is 21.8 Å². The summed E-state index contributed by atoms with van der Waals surface area (Å²) in [6, 6.07) is 12.7. The number of benzene rings is 2. The third-order valence-corrected chi connectivity index (χ3v) is 11.0. The molecule has 2 fully saturated rings. The minimum Gasteiger partial charge on any atom is -0.444 e. The van der Waals surface area contributed by atoms with Crippen LogP contribution in [-0.2, 0) is 35.6 Å². The molecule has 3 aliphatic rings. The maximum atomic E-state index is 14.2. The highest BCUT2D eigenvalue weighted by atomic mass is 35.5. The summed E-state index contributed by atoms with van der Waals surface area (Å²) >= 11 is 6.09. The largest absolute Gasteiger partial charge is 0.444 e. The maximum Gasteiger partial charge on any atom is 0.408 e. The molecule has 49 heavy (non-hydrogen) atoms. The lowest BCUT2D eigenvalue weighted by Gasteiger charge is -2.27. The van der Waals surface area contributed by atoms with Crippen molar-refractivity contribution in [2.75, 3.05) is 0 Å². The van der Waals surface area contributed by atoms with Gasteiger partial charge in [0.25, 0.3) is 5.91 Å². The Balaban J connectivity index is 1.44. The molecule has 13 heteroatoms. The van der Waals surface area contributed by atoms with Gasteiger partial charge in [0, 0.05) is 17.4 Å². The van der Waals surface area contributed by atoms with E-state index in [1.165, 1.54) is 0 Å². The fourth-order valence-corrected chi connectivity index (χ4v) is 7.46. The third-order valence-electron chi connectivity index (χ3n) is 8.88. The molecule has 0 radical (unpaired) electrons. The number of sulfonamides is 1. The molecule has 264 valence electrons. The van der Waals surface area contributed by atoms with Gasteiger partial charge >= 0.3 is 6.09 Å². The number of nitrogens with one attached hydrogen (secondary N) is 4. The zero-order valence-corrected chi connectivity index (χ0v) is 29.7. The topological polar surface area (TPSA) is 160 Å². The Hall–Kier alpha value is -3.90. The van der Waals surface area contributed by atoms with Crippen LogP contribution in [-0.4, -0.2) is 60.7 Å². The summed E-state index contributed by atoms with van der Waals surface area (Å²) in [4.78, 5) is 54.4. The third kappa shape index (κ3) is 9.85. The van der Waals surface area contributed by atoms with Crippen molar-refractivity contribution in [2.24, 2.45) is 5.92 Å². The summed E-state index contributed by atoms with van der Waals surface area (Å²) in [6.07, 6.45) is 7.52. The van der Waals surface area contributed by atoms with Gasteiger partial charge in [0.05, 0.1) is 5.25 Å². The van der Waals surface area contributed by atoms with Crippen molar-refractivity contribution in [1.82, 2.24) is 20.7 Å². The number of allylic oxidation sites excluding steroid dienone is 1. The SMILES string of the molecule is CC(C)(C)OC(=O)N[C@H]1CCCCC/C=C\[C@@H]2C[C@@]2(C(=O)NS(=O)(=O)C2CC2)NC(=O)[C@H](Cc2cccc(-c3ccc(Cl)cc3)c2)NC1=O. The maximum absolute atomic E-state index is 14.2. The highest BCUT2D eigenvalue weighted by molar-refractivity contribution is 7.91. The van der Waals surface area contributed by atoms with Crippen LogP contribution in [0.15, 0.2) is 60.7 Å². The van der Waals surface area contributed by atoms with Crippen molar-refractivity contribution in [3.63, 3.8) is 0 Å². The van der Waals surface area contributed by atoms with Crippen molar-refractivity contribution in [1.29, 1.82) is 0 Å². The van der Waals surface area contributed by atoms with E-state index in [1.54, 1.807) is 32.9 Å². The number of ether oxygens (including phenoxy) is 1. The molecule has 4 amide bonds. The van der Waals surface area contributed by atoms with Gasteiger partial charge in [-0.2, -0.15) is 0 Å². The number of hydrogen-bond donors (Lipinski definition) is 4. The molecule has 4 atom stereocenters. The normalized spacial score (nSPS) is 25.7. The molecule has 0 bridgehead atoms. The lowest BCUT2D eigenvalue weighted by molar-refractivity contribution is -0.133. The van der Waals surface area contributed by atoms with Crippen LogP contribution in [0.5, 0.6) is 0 Å². The van der Waals surface area contributed by atoms with E-state index in [4.69, 9.17) is 16.3 Å². The molecule has 11 nitrogen and oxygen atoms in total. The molecule has 0 spiro atoms. The van der Waals surface area contributed by atoms with Crippen molar-refractivity contribution >= 4 is 45.4 Å². The fraction of sp³-hybridized carbons (Fsp3) is 0.500. The lowest BCUT2D eigenvalue weighted by Crippen LogP contribution is -2.59. The Labute approximate surface area is 293 Å². The minimum atomic E-state index is -3.87. The fourth-order valence-electron chi connectivity index (χ4n) is 5.97. The van der Waals surface area contributed by atoms with E-state index in [-0.39, 0.29) is 12.8 Å².